The van der Waals surface area contributed by atoms with Crippen LogP contribution in [0.15, 0.2) is 66.7 Å². The molecule has 0 aliphatic carbocycles. The van der Waals surface area contributed by atoms with Crippen LogP contribution in [0.1, 0.15) is 26.3 Å². The Labute approximate surface area is 143 Å². The minimum atomic E-state index is 0.160. The van der Waals surface area contributed by atoms with Gasteiger partial charge in [-0.2, -0.15) is 0 Å². The molecule has 0 radical (unpaired) electrons. The fourth-order valence-corrected chi connectivity index (χ4v) is 3.49. The van der Waals surface area contributed by atoms with Crippen LogP contribution in [0.4, 0.5) is 0 Å². The van der Waals surface area contributed by atoms with E-state index >= 15 is 0 Å². The minimum absolute atomic E-state index is 0.160. The lowest BCUT2D eigenvalue weighted by atomic mass is 9.86. The van der Waals surface area contributed by atoms with E-state index in [9.17, 15) is 0 Å². The maximum absolute atomic E-state index is 2.37. The van der Waals surface area contributed by atoms with E-state index in [-0.39, 0.29) is 5.41 Å². The van der Waals surface area contributed by atoms with Crippen molar-refractivity contribution in [3.63, 3.8) is 0 Å². The smallest absolute Gasteiger partial charge is 0.0489 e. The van der Waals surface area contributed by atoms with Gasteiger partial charge in [0, 0.05) is 28.9 Å². The molecular weight excluding hydrogens is 290 g/mol. The Hall–Kier alpha value is -2.54. The third-order valence-corrected chi connectivity index (χ3v) is 4.98. The van der Waals surface area contributed by atoms with E-state index in [0.29, 0.717) is 0 Å². The summed E-state index contributed by atoms with van der Waals surface area (Å²) in [5.41, 5.74) is 6.67. The zero-order valence-electron chi connectivity index (χ0n) is 14.8. The molecule has 4 aromatic rings. The monoisotopic (exact) mass is 313 g/mol. The van der Waals surface area contributed by atoms with Crippen molar-refractivity contribution >= 4 is 21.8 Å². The molecule has 0 atom stereocenters. The van der Waals surface area contributed by atoms with Crippen molar-refractivity contribution in [1.82, 2.24) is 4.57 Å². The molecule has 0 saturated heterocycles. The second-order valence-electron chi connectivity index (χ2n) is 7.64. The zero-order chi connectivity index (χ0) is 16.9. The number of nitrogens with zero attached hydrogens (tertiary/aromatic N) is 1. The van der Waals surface area contributed by atoms with Gasteiger partial charge in [-0.3, -0.25) is 0 Å². The third kappa shape index (κ3) is 2.32. The van der Waals surface area contributed by atoms with Crippen LogP contribution in [0, 0.1) is 0 Å². The average Bonchev–Trinajstić information content (AvgIpc) is 2.87. The molecule has 1 heteroatoms. The molecule has 0 fully saturated rings. The summed E-state index contributed by atoms with van der Waals surface area (Å²) in [6, 6.07) is 24.3. The maximum atomic E-state index is 2.37. The summed E-state index contributed by atoms with van der Waals surface area (Å²) < 4.78 is 2.30. The highest BCUT2D eigenvalue weighted by Crippen LogP contribution is 2.34. The molecule has 0 spiro atoms. The lowest BCUT2D eigenvalue weighted by molar-refractivity contribution is 0.591. The SMILES string of the molecule is Cn1c2ccc(-c3ccccc3)cc2c2cc(C(C)(C)C)ccc21. The largest absolute Gasteiger partial charge is 0.344 e. The Morgan fingerprint density at radius 1 is 0.667 bits per heavy atom. The number of rotatable bonds is 1. The lowest BCUT2D eigenvalue weighted by Gasteiger charge is -2.19. The van der Waals surface area contributed by atoms with E-state index in [4.69, 9.17) is 0 Å². The first-order valence-electron chi connectivity index (χ1n) is 8.53. The van der Waals surface area contributed by atoms with Gasteiger partial charge in [-0.1, -0.05) is 63.2 Å². The molecule has 0 aliphatic heterocycles. The third-order valence-electron chi connectivity index (χ3n) is 4.98. The van der Waals surface area contributed by atoms with Gasteiger partial charge in [0.15, 0.2) is 0 Å². The highest BCUT2D eigenvalue weighted by molar-refractivity contribution is 6.09. The second kappa shape index (κ2) is 5.24. The summed E-state index contributed by atoms with van der Waals surface area (Å²) in [4.78, 5) is 0. The molecule has 4 rings (SSSR count). The standard InChI is InChI=1S/C23H23N/c1-23(2,3)18-11-13-22-20(15-18)19-14-17(10-12-21(19)24(22)4)16-8-6-5-7-9-16/h5-15H,1-4H3. The molecule has 0 unspecified atom stereocenters. The Balaban J connectivity index is 2.02. The summed E-state index contributed by atoms with van der Waals surface area (Å²) in [6.07, 6.45) is 0. The molecule has 1 heterocycles. The fraction of sp³-hybridized carbons (Fsp3) is 0.217. The molecule has 0 saturated carbocycles. The Bertz CT molecular complexity index is 1030. The van der Waals surface area contributed by atoms with Crippen molar-refractivity contribution in [2.24, 2.45) is 7.05 Å². The van der Waals surface area contributed by atoms with Crippen molar-refractivity contribution in [1.29, 1.82) is 0 Å². The molecule has 1 nitrogen and oxygen atoms in total. The average molecular weight is 313 g/mol. The van der Waals surface area contributed by atoms with Crippen LogP contribution in [0.3, 0.4) is 0 Å². The van der Waals surface area contributed by atoms with Gasteiger partial charge >= 0.3 is 0 Å². The second-order valence-corrected chi connectivity index (χ2v) is 7.64. The van der Waals surface area contributed by atoms with E-state index in [1.807, 2.05) is 0 Å². The quantitative estimate of drug-likeness (QED) is 0.389. The van der Waals surface area contributed by atoms with E-state index < -0.39 is 0 Å². The van der Waals surface area contributed by atoms with E-state index in [1.54, 1.807) is 0 Å². The summed E-state index contributed by atoms with van der Waals surface area (Å²) in [5, 5.41) is 2.68. The van der Waals surface area contributed by atoms with Crippen LogP contribution in [0.5, 0.6) is 0 Å². The van der Waals surface area contributed by atoms with Crippen LogP contribution >= 0.6 is 0 Å². The predicted octanol–water partition coefficient (Wildman–Crippen LogP) is 6.30. The lowest BCUT2D eigenvalue weighted by Crippen LogP contribution is -2.10. The normalized spacial score (nSPS) is 12.2. The highest BCUT2D eigenvalue weighted by atomic mass is 14.9. The molecule has 0 bridgehead atoms. The van der Waals surface area contributed by atoms with E-state index in [1.165, 1.54) is 38.5 Å². The molecular formula is C23H23N. The number of benzene rings is 3. The van der Waals surface area contributed by atoms with Gasteiger partial charge in [0.2, 0.25) is 0 Å². The Kier molecular flexibility index (Phi) is 3.28. The predicted molar refractivity (Wildman–Crippen MR) is 105 cm³/mol. The number of aromatic nitrogens is 1. The zero-order valence-corrected chi connectivity index (χ0v) is 14.8. The van der Waals surface area contributed by atoms with Gasteiger partial charge in [0.25, 0.3) is 0 Å². The molecule has 120 valence electrons. The van der Waals surface area contributed by atoms with Crippen LogP contribution in [-0.4, -0.2) is 4.57 Å². The molecule has 0 amide bonds. The minimum Gasteiger partial charge on any atom is -0.344 e. The Morgan fingerprint density at radius 2 is 1.29 bits per heavy atom. The first-order chi connectivity index (χ1) is 11.4. The van der Waals surface area contributed by atoms with Gasteiger partial charge in [-0.15, -0.1) is 0 Å². The number of aryl methyl sites for hydroxylation is 1. The van der Waals surface area contributed by atoms with Crippen molar-refractivity contribution in [2.45, 2.75) is 26.2 Å². The summed E-state index contributed by atoms with van der Waals surface area (Å²) in [7, 11) is 2.16. The molecule has 1 aromatic heterocycles. The van der Waals surface area contributed by atoms with Crippen molar-refractivity contribution in [2.75, 3.05) is 0 Å². The van der Waals surface area contributed by atoms with Crippen molar-refractivity contribution in [3.8, 4) is 11.1 Å². The number of fused-ring (bicyclic) bond motifs is 3. The van der Waals surface area contributed by atoms with E-state index in [0.717, 1.165) is 0 Å². The number of hydrogen-bond donors (Lipinski definition) is 0. The number of hydrogen-bond acceptors (Lipinski definition) is 0. The molecule has 0 N–H and O–H groups in total. The first-order valence-corrected chi connectivity index (χ1v) is 8.53. The van der Waals surface area contributed by atoms with Gasteiger partial charge in [-0.05, 0) is 46.4 Å². The van der Waals surface area contributed by atoms with Gasteiger partial charge in [0.05, 0.1) is 0 Å². The maximum Gasteiger partial charge on any atom is 0.0489 e. The highest BCUT2D eigenvalue weighted by Gasteiger charge is 2.16. The van der Waals surface area contributed by atoms with E-state index in [2.05, 4.69) is 99.1 Å². The van der Waals surface area contributed by atoms with Gasteiger partial charge in [-0.25, -0.2) is 0 Å². The van der Waals surface area contributed by atoms with Crippen LogP contribution in [-0.2, 0) is 12.5 Å². The van der Waals surface area contributed by atoms with Crippen molar-refractivity contribution < 1.29 is 0 Å². The van der Waals surface area contributed by atoms with Crippen LogP contribution in [0.2, 0.25) is 0 Å². The van der Waals surface area contributed by atoms with Crippen molar-refractivity contribution in [3.05, 3.63) is 72.3 Å². The van der Waals surface area contributed by atoms with Gasteiger partial charge < -0.3 is 4.57 Å². The summed E-state index contributed by atoms with van der Waals surface area (Å²) in [5.74, 6) is 0. The van der Waals surface area contributed by atoms with Gasteiger partial charge in [0.1, 0.15) is 0 Å². The fourth-order valence-electron chi connectivity index (χ4n) is 3.49. The molecule has 24 heavy (non-hydrogen) atoms. The van der Waals surface area contributed by atoms with Crippen LogP contribution in [0.25, 0.3) is 32.9 Å². The molecule has 0 aliphatic rings. The topological polar surface area (TPSA) is 4.93 Å². The molecule has 3 aromatic carbocycles. The summed E-state index contributed by atoms with van der Waals surface area (Å²) in [6.45, 7) is 6.82. The summed E-state index contributed by atoms with van der Waals surface area (Å²) >= 11 is 0. The van der Waals surface area contributed by atoms with Crippen LogP contribution < -0.4 is 0 Å². The first kappa shape index (κ1) is 15.0. The Morgan fingerprint density at radius 3 is 1.96 bits per heavy atom.